The number of likely N-dealkylation sites (N-methyl/N-ethyl adjacent to an activating group) is 1. The van der Waals surface area contributed by atoms with E-state index in [9.17, 15) is 14.0 Å². The molecule has 3 heterocycles. The second-order valence-corrected chi connectivity index (χ2v) is 10.9. The van der Waals surface area contributed by atoms with Gasteiger partial charge in [-0.25, -0.2) is 9.37 Å². The van der Waals surface area contributed by atoms with E-state index in [1.165, 1.54) is 6.07 Å². The second kappa shape index (κ2) is 13.3. The summed E-state index contributed by atoms with van der Waals surface area (Å²) in [4.78, 5) is 31.8. The molecule has 2 aromatic carbocycles. The molecule has 0 spiro atoms. The first-order valence-corrected chi connectivity index (χ1v) is 14.2. The summed E-state index contributed by atoms with van der Waals surface area (Å²) in [6.07, 6.45) is 4.16. The van der Waals surface area contributed by atoms with Crippen LogP contribution < -0.4 is 21.3 Å². The molecule has 4 aromatic rings. The fourth-order valence-electron chi connectivity index (χ4n) is 4.62. The van der Waals surface area contributed by atoms with E-state index in [2.05, 4.69) is 17.2 Å². The minimum atomic E-state index is -0.470. The number of thiazole rings is 1. The standard InChI is InChI=1S/C17H17BClFN3O.C12H13NO2S/c1-22-5-4-10-7-11-12(17(21)24)8-18-15(11)16(23-10)9-2-3-14(20)13(19)6-9;1-3-4-11-13-12-9(15-2)5-8(7-14)6-10(12)16-11/h2-3,6-7,12,22H,4-5,8H2,1H3,(H2,21,24);5-7H,3-4H2,1-2H3. The number of rotatable bonds is 9. The molecule has 1 radical (unpaired) electrons. The maximum atomic E-state index is 13.5. The van der Waals surface area contributed by atoms with Crippen LogP contribution in [0.5, 0.6) is 5.75 Å². The Labute approximate surface area is 242 Å². The van der Waals surface area contributed by atoms with E-state index in [4.69, 9.17) is 27.1 Å². The zero-order valence-electron chi connectivity index (χ0n) is 22.6. The molecule has 3 N–H and O–H groups in total. The number of nitrogens with zero attached hydrogens (tertiary/aromatic N) is 2. The number of fused-ring (bicyclic) bond motifs is 2. The number of hydrogen-bond donors (Lipinski definition) is 2. The third-order valence-electron chi connectivity index (χ3n) is 6.59. The number of aryl methyl sites for hydroxylation is 1. The molecule has 0 fully saturated rings. The van der Waals surface area contributed by atoms with Crippen molar-refractivity contribution in [1.82, 2.24) is 15.3 Å². The minimum absolute atomic E-state index is 0.0492. The van der Waals surface area contributed by atoms with Gasteiger partial charge in [0, 0.05) is 29.8 Å². The molecule has 1 atom stereocenters. The maximum Gasteiger partial charge on any atom is 0.224 e. The Morgan fingerprint density at radius 3 is 2.73 bits per heavy atom. The number of nitrogens with one attached hydrogen (secondary N) is 1. The van der Waals surface area contributed by atoms with Gasteiger partial charge < -0.3 is 15.8 Å². The average Bonchev–Trinajstić information content (AvgIpc) is 3.57. The first-order chi connectivity index (χ1) is 19.3. The maximum absolute atomic E-state index is 13.5. The zero-order chi connectivity index (χ0) is 28.8. The minimum Gasteiger partial charge on any atom is -0.494 e. The molecule has 1 aliphatic heterocycles. The fraction of sp³-hybridized carbons (Fsp3) is 0.310. The van der Waals surface area contributed by atoms with Crippen molar-refractivity contribution in [2.24, 2.45) is 5.73 Å². The number of pyridine rings is 1. The van der Waals surface area contributed by atoms with Crippen LogP contribution in [-0.2, 0) is 17.6 Å². The highest BCUT2D eigenvalue weighted by Crippen LogP contribution is 2.32. The van der Waals surface area contributed by atoms with Gasteiger partial charge in [-0.2, -0.15) is 0 Å². The molecular formula is C29H30BClFN4O3S. The number of nitrogens with two attached hydrogens (primary N) is 1. The van der Waals surface area contributed by atoms with Crippen molar-refractivity contribution < 1.29 is 18.7 Å². The van der Waals surface area contributed by atoms with Gasteiger partial charge >= 0.3 is 0 Å². The van der Waals surface area contributed by atoms with Crippen molar-refractivity contribution in [3.63, 3.8) is 0 Å². The van der Waals surface area contributed by atoms with Gasteiger partial charge in [0.15, 0.2) is 7.28 Å². The second-order valence-electron chi connectivity index (χ2n) is 9.39. The van der Waals surface area contributed by atoms with Crippen LogP contribution in [0.4, 0.5) is 4.39 Å². The Morgan fingerprint density at radius 1 is 1.27 bits per heavy atom. The van der Waals surface area contributed by atoms with E-state index in [0.717, 1.165) is 69.6 Å². The molecule has 7 nitrogen and oxygen atoms in total. The number of carbonyl (C=O) groups is 2. The Hall–Kier alpha value is -3.34. The van der Waals surface area contributed by atoms with E-state index >= 15 is 0 Å². The van der Waals surface area contributed by atoms with Crippen molar-refractivity contribution in [3.05, 3.63) is 69.1 Å². The first-order valence-electron chi connectivity index (χ1n) is 13.0. The van der Waals surface area contributed by atoms with Crippen LogP contribution >= 0.6 is 22.9 Å². The number of aldehydes is 1. The van der Waals surface area contributed by atoms with Gasteiger partial charge in [-0.15, -0.1) is 11.3 Å². The fourth-order valence-corrected chi connectivity index (χ4v) is 5.93. The number of methoxy groups -OCH3 is 1. The number of amides is 1. The molecule has 1 aliphatic rings. The molecule has 2 aromatic heterocycles. The molecule has 40 heavy (non-hydrogen) atoms. The van der Waals surface area contributed by atoms with E-state index in [1.54, 1.807) is 36.6 Å². The lowest BCUT2D eigenvalue weighted by Crippen LogP contribution is -2.22. The quantitative estimate of drug-likeness (QED) is 0.220. The van der Waals surface area contributed by atoms with Crippen molar-refractivity contribution in [2.75, 3.05) is 20.7 Å². The number of hydrogen-bond acceptors (Lipinski definition) is 7. The molecule has 1 amide bonds. The smallest absolute Gasteiger partial charge is 0.224 e. The van der Waals surface area contributed by atoms with E-state index < -0.39 is 5.82 Å². The van der Waals surface area contributed by atoms with Gasteiger partial charge in [0.25, 0.3) is 0 Å². The van der Waals surface area contributed by atoms with Gasteiger partial charge in [0.05, 0.1) is 33.5 Å². The molecule has 0 saturated heterocycles. The number of benzene rings is 2. The van der Waals surface area contributed by atoms with Crippen molar-refractivity contribution in [2.45, 2.75) is 38.4 Å². The molecule has 0 bridgehead atoms. The third kappa shape index (κ3) is 6.51. The highest BCUT2D eigenvalue weighted by Gasteiger charge is 2.31. The van der Waals surface area contributed by atoms with E-state index in [-0.39, 0.29) is 16.8 Å². The summed E-state index contributed by atoms with van der Waals surface area (Å²) in [6, 6.07) is 10.1. The van der Waals surface area contributed by atoms with Crippen LogP contribution in [0.15, 0.2) is 36.4 Å². The average molecular weight is 580 g/mol. The summed E-state index contributed by atoms with van der Waals surface area (Å²) in [5, 5.41) is 4.23. The summed E-state index contributed by atoms with van der Waals surface area (Å²) in [5.74, 6) is -0.481. The van der Waals surface area contributed by atoms with E-state index in [0.29, 0.717) is 23.3 Å². The topological polar surface area (TPSA) is 107 Å². The predicted octanol–water partition coefficient (Wildman–Crippen LogP) is 4.70. The molecule has 11 heteroatoms. The van der Waals surface area contributed by atoms with Gasteiger partial charge in [0.2, 0.25) is 5.91 Å². The lowest BCUT2D eigenvalue weighted by molar-refractivity contribution is -0.119. The van der Waals surface area contributed by atoms with Crippen LogP contribution in [0.3, 0.4) is 0 Å². The van der Waals surface area contributed by atoms with Crippen molar-refractivity contribution in [1.29, 1.82) is 0 Å². The summed E-state index contributed by atoms with van der Waals surface area (Å²) in [6.45, 7) is 2.89. The lowest BCUT2D eigenvalue weighted by Gasteiger charge is -2.14. The SMILES string of the molecule is CCCc1nc2c(OC)cc(C=O)cc2s1.CNCCc1cc2c(c(-c3ccc(F)c(Cl)c3)n1)[B]CC2C(N)=O. The van der Waals surface area contributed by atoms with Crippen LogP contribution in [-0.4, -0.2) is 50.1 Å². The van der Waals surface area contributed by atoms with Gasteiger partial charge in [-0.1, -0.05) is 30.3 Å². The van der Waals surface area contributed by atoms with Gasteiger partial charge in [0.1, 0.15) is 23.4 Å². The Balaban J connectivity index is 0.000000201. The summed E-state index contributed by atoms with van der Waals surface area (Å²) in [7, 11) is 5.43. The van der Waals surface area contributed by atoms with E-state index in [1.807, 2.05) is 26.5 Å². The first kappa shape index (κ1) is 29.6. The Morgan fingerprint density at radius 2 is 2.08 bits per heavy atom. The van der Waals surface area contributed by atoms with Gasteiger partial charge in [-0.3, -0.25) is 14.6 Å². The third-order valence-corrected chi connectivity index (χ3v) is 7.94. The molecular weight excluding hydrogens is 550 g/mol. The summed E-state index contributed by atoms with van der Waals surface area (Å²) in [5.41, 5.74) is 11.1. The number of aromatic nitrogens is 2. The number of primary amides is 1. The molecule has 207 valence electrons. The molecule has 0 saturated carbocycles. The van der Waals surface area contributed by atoms with Crippen LogP contribution in [0.25, 0.3) is 21.5 Å². The molecule has 0 aliphatic carbocycles. The van der Waals surface area contributed by atoms with Crippen molar-refractivity contribution in [3.8, 4) is 17.0 Å². The van der Waals surface area contributed by atoms with Crippen LogP contribution in [0.2, 0.25) is 11.3 Å². The van der Waals surface area contributed by atoms with Crippen molar-refractivity contribution >= 4 is 58.1 Å². The number of carbonyl (C=O) groups excluding carboxylic acids is 2. The highest BCUT2D eigenvalue weighted by atomic mass is 35.5. The number of halogens is 2. The largest absolute Gasteiger partial charge is 0.494 e. The molecule has 1 unspecified atom stereocenters. The summed E-state index contributed by atoms with van der Waals surface area (Å²) < 4.78 is 19.7. The highest BCUT2D eigenvalue weighted by molar-refractivity contribution is 7.18. The zero-order valence-corrected chi connectivity index (χ0v) is 24.2. The monoisotopic (exact) mass is 579 g/mol. The summed E-state index contributed by atoms with van der Waals surface area (Å²) >= 11 is 7.55. The number of ether oxygens (including phenoxy) is 1. The predicted molar refractivity (Wildman–Crippen MR) is 160 cm³/mol. The molecule has 5 rings (SSSR count). The lowest BCUT2D eigenvalue weighted by atomic mass is 9.70. The van der Waals surface area contributed by atoms with Gasteiger partial charge in [-0.05, 0) is 61.9 Å². The van der Waals surface area contributed by atoms with Crippen LogP contribution in [0, 0.1) is 5.82 Å². The Bertz CT molecular complexity index is 1550. The normalized spacial score (nSPS) is 13.8. The van der Waals surface area contributed by atoms with Crippen LogP contribution in [0.1, 0.15) is 45.9 Å². The Kier molecular flexibility index (Phi) is 9.89.